The van der Waals surface area contributed by atoms with E-state index in [0.717, 1.165) is 12.1 Å². The normalized spacial score (nSPS) is 10.6. The third kappa shape index (κ3) is 3.19. The fraction of sp³-hybridized carbons (Fsp3) is 0.333. The van der Waals surface area contributed by atoms with E-state index in [9.17, 15) is 0 Å². The third-order valence-corrected chi connectivity index (χ3v) is 3.73. The number of aliphatic hydroxyl groups excluding tert-OH is 1. The van der Waals surface area contributed by atoms with E-state index in [1.807, 2.05) is 12.4 Å². The van der Waals surface area contributed by atoms with Crippen LogP contribution in [0, 0.1) is 6.92 Å². The molecule has 0 radical (unpaired) electrons. The second kappa shape index (κ2) is 6.13. The van der Waals surface area contributed by atoms with Gasteiger partial charge < -0.3 is 9.84 Å². The zero-order valence-corrected chi connectivity index (χ0v) is 11.5. The molecular formula is C12H13ClN2O2S. The van der Waals surface area contributed by atoms with Crippen molar-refractivity contribution in [2.75, 3.05) is 6.61 Å². The molecule has 2 heterocycles. The van der Waals surface area contributed by atoms with Crippen LogP contribution in [-0.2, 0) is 13.0 Å². The molecule has 0 fully saturated rings. The zero-order valence-electron chi connectivity index (χ0n) is 9.89. The van der Waals surface area contributed by atoms with E-state index in [0.29, 0.717) is 23.1 Å². The van der Waals surface area contributed by atoms with Crippen molar-refractivity contribution in [1.29, 1.82) is 0 Å². The summed E-state index contributed by atoms with van der Waals surface area (Å²) in [6.07, 6.45) is 2.34. The highest BCUT2D eigenvalue weighted by Crippen LogP contribution is 2.23. The van der Waals surface area contributed by atoms with Crippen LogP contribution in [0.1, 0.15) is 16.1 Å². The summed E-state index contributed by atoms with van der Waals surface area (Å²) in [5.74, 6) is 0.399. The molecule has 0 amide bonds. The Kier molecular flexibility index (Phi) is 4.52. The van der Waals surface area contributed by atoms with Crippen LogP contribution in [0.4, 0.5) is 0 Å². The summed E-state index contributed by atoms with van der Waals surface area (Å²) in [5.41, 5.74) is 3.54. The average Bonchev–Trinajstić information content (AvgIpc) is 2.77. The first kappa shape index (κ1) is 13.3. The van der Waals surface area contributed by atoms with Crippen LogP contribution < -0.4 is 4.74 Å². The molecule has 0 aliphatic carbocycles. The van der Waals surface area contributed by atoms with Crippen LogP contribution in [-0.4, -0.2) is 21.7 Å². The molecule has 4 nitrogen and oxygen atoms in total. The number of aromatic nitrogens is 2. The van der Waals surface area contributed by atoms with Crippen molar-refractivity contribution < 1.29 is 9.84 Å². The molecule has 96 valence electrons. The van der Waals surface area contributed by atoms with Gasteiger partial charge in [-0.2, -0.15) is 0 Å². The number of rotatable bonds is 5. The van der Waals surface area contributed by atoms with Gasteiger partial charge in [0.05, 0.1) is 24.4 Å². The first-order chi connectivity index (χ1) is 8.70. The minimum atomic E-state index is -0.0763. The summed E-state index contributed by atoms with van der Waals surface area (Å²) in [6.45, 7) is 2.41. The Balaban J connectivity index is 1.92. The zero-order chi connectivity index (χ0) is 13.0. The molecule has 0 saturated carbocycles. The van der Waals surface area contributed by atoms with Gasteiger partial charge in [-0.3, -0.25) is 0 Å². The number of hydrogen-bond donors (Lipinski definition) is 1. The molecule has 0 atom stereocenters. The van der Waals surface area contributed by atoms with Crippen molar-refractivity contribution >= 4 is 22.9 Å². The Morgan fingerprint density at radius 2 is 2.28 bits per heavy atom. The van der Waals surface area contributed by atoms with Gasteiger partial charge in [0, 0.05) is 17.5 Å². The lowest BCUT2D eigenvalue weighted by Crippen LogP contribution is -2.03. The second-order valence-electron chi connectivity index (χ2n) is 3.75. The quantitative estimate of drug-likeness (QED) is 0.917. The highest BCUT2D eigenvalue weighted by Gasteiger charge is 2.06. The van der Waals surface area contributed by atoms with Crippen LogP contribution in [0.25, 0.3) is 0 Å². The number of pyridine rings is 1. The van der Waals surface area contributed by atoms with E-state index in [4.69, 9.17) is 21.4 Å². The molecular weight excluding hydrogens is 272 g/mol. The summed E-state index contributed by atoms with van der Waals surface area (Å²) in [4.78, 5) is 9.45. The second-order valence-corrected chi connectivity index (χ2v) is 5.09. The maximum absolute atomic E-state index is 8.94. The van der Waals surface area contributed by atoms with Gasteiger partial charge in [-0.05, 0) is 18.6 Å². The first-order valence-corrected chi connectivity index (χ1v) is 6.73. The topological polar surface area (TPSA) is 55.2 Å². The number of halogens is 1. The molecule has 0 saturated heterocycles. The third-order valence-electron chi connectivity index (χ3n) is 2.46. The van der Waals surface area contributed by atoms with E-state index in [-0.39, 0.29) is 6.61 Å². The molecule has 0 unspecified atom stereocenters. The lowest BCUT2D eigenvalue weighted by molar-refractivity contribution is 0.279. The molecule has 0 aromatic carbocycles. The molecule has 1 N–H and O–H groups in total. The SMILES string of the molecule is Cc1ncsc1CCOc1ncc(CO)cc1Cl. The van der Waals surface area contributed by atoms with Gasteiger partial charge in [-0.1, -0.05) is 11.6 Å². The van der Waals surface area contributed by atoms with E-state index < -0.39 is 0 Å². The molecule has 0 aliphatic heterocycles. The van der Waals surface area contributed by atoms with E-state index in [1.54, 1.807) is 23.6 Å². The summed E-state index contributed by atoms with van der Waals surface area (Å²) < 4.78 is 5.52. The Bertz CT molecular complexity index is 531. The van der Waals surface area contributed by atoms with Crippen molar-refractivity contribution in [3.63, 3.8) is 0 Å². The number of aryl methyl sites for hydroxylation is 1. The van der Waals surface area contributed by atoms with E-state index in [1.165, 1.54) is 4.88 Å². The van der Waals surface area contributed by atoms with Crippen LogP contribution in [0.3, 0.4) is 0 Å². The standard InChI is InChI=1S/C12H13ClN2O2S/c1-8-11(18-7-15-8)2-3-17-12-10(13)4-9(6-16)5-14-12/h4-5,7,16H,2-3,6H2,1H3. The summed E-state index contributed by atoms with van der Waals surface area (Å²) in [5, 5.41) is 9.36. The van der Waals surface area contributed by atoms with Gasteiger partial charge in [0.15, 0.2) is 0 Å². The molecule has 2 aromatic heterocycles. The number of hydrogen-bond acceptors (Lipinski definition) is 5. The highest BCUT2D eigenvalue weighted by molar-refractivity contribution is 7.09. The van der Waals surface area contributed by atoms with Crippen molar-refractivity contribution in [2.45, 2.75) is 20.0 Å². The molecule has 2 rings (SSSR count). The number of ether oxygens (including phenoxy) is 1. The Morgan fingerprint density at radius 1 is 1.44 bits per heavy atom. The summed E-state index contributed by atoms with van der Waals surface area (Å²) in [6, 6.07) is 1.65. The van der Waals surface area contributed by atoms with Crippen LogP contribution in [0.5, 0.6) is 5.88 Å². The minimum Gasteiger partial charge on any atom is -0.476 e. The smallest absolute Gasteiger partial charge is 0.232 e. The molecule has 6 heteroatoms. The van der Waals surface area contributed by atoms with Gasteiger partial charge in [0.1, 0.15) is 5.02 Å². The molecule has 18 heavy (non-hydrogen) atoms. The first-order valence-electron chi connectivity index (χ1n) is 5.47. The van der Waals surface area contributed by atoms with Gasteiger partial charge in [0.25, 0.3) is 0 Å². The number of aliphatic hydroxyl groups is 1. The van der Waals surface area contributed by atoms with Crippen LogP contribution >= 0.6 is 22.9 Å². The Labute approximate surface area is 114 Å². The minimum absolute atomic E-state index is 0.0763. The van der Waals surface area contributed by atoms with E-state index >= 15 is 0 Å². The predicted molar refractivity (Wildman–Crippen MR) is 71.2 cm³/mol. The monoisotopic (exact) mass is 284 g/mol. The number of nitrogens with zero attached hydrogens (tertiary/aromatic N) is 2. The maximum atomic E-state index is 8.94. The molecule has 0 aliphatic rings. The summed E-state index contributed by atoms with van der Waals surface area (Å²) in [7, 11) is 0. The lowest BCUT2D eigenvalue weighted by atomic mass is 10.3. The van der Waals surface area contributed by atoms with Gasteiger partial charge in [-0.25, -0.2) is 9.97 Å². The van der Waals surface area contributed by atoms with E-state index in [2.05, 4.69) is 9.97 Å². The van der Waals surface area contributed by atoms with Crippen molar-refractivity contribution in [3.05, 3.63) is 38.9 Å². The molecule has 0 spiro atoms. The Morgan fingerprint density at radius 3 is 2.89 bits per heavy atom. The van der Waals surface area contributed by atoms with Crippen molar-refractivity contribution in [2.24, 2.45) is 0 Å². The lowest BCUT2D eigenvalue weighted by Gasteiger charge is -2.07. The van der Waals surface area contributed by atoms with Gasteiger partial charge >= 0.3 is 0 Å². The van der Waals surface area contributed by atoms with Crippen molar-refractivity contribution in [3.8, 4) is 5.88 Å². The average molecular weight is 285 g/mol. The number of thiazole rings is 1. The largest absolute Gasteiger partial charge is 0.476 e. The van der Waals surface area contributed by atoms with Gasteiger partial charge in [-0.15, -0.1) is 11.3 Å². The van der Waals surface area contributed by atoms with Crippen LogP contribution in [0.15, 0.2) is 17.8 Å². The summed E-state index contributed by atoms with van der Waals surface area (Å²) >= 11 is 7.61. The maximum Gasteiger partial charge on any atom is 0.232 e. The molecule has 0 bridgehead atoms. The predicted octanol–water partition coefficient (Wildman–Crippen LogP) is 2.61. The van der Waals surface area contributed by atoms with Gasteiger partial charge in [0.2, 0.25) is 5.88 Å². The fourth-order valence-electron chi connectivity index (χ4n) is 1.46. The highest BCUT2D eigenvalue weighted by atomic mass is 35.5. The van der Waals surface area contributed by atoms with Crippen LogP contribution in [0.2, 0.25) is 5.02 Å². The van der Waals surface area contributed by atoms with Crippen molar-refractivity contribution in [1.82, 2.24) is 9.97 Å². The molecule has 2 aromatic rings. The Hall–Kier alpha value is -1.17. The fourth-order valence-corrected chi connectivity index (χ4v) is 2.47.